The molecule has 0 spiro atoms. The molecule has 0 saturated carbocycles. The van der Waals surface area contributed by atoms with E-state index in [4.69, 9.17) is 0 Å². The van der Waals surface area contributed by atoms with Gasteiger partial charge in [-0.2, -0.15) is 0 Å². The van der Waals surface area contributed by atoms with Gasteiger partial charge in [0.15, 0.2) is 0 Å². The summed E-state index contributed by atoms with van der Waals surface area (Å²) < 4.78 is 0. The minimum atomic E-state index is -0.301. The molecule has 2 N–H and O–H groups in total. The lowest BCUT2D eigenvalue weighted by Gasteiger charge is -2.17. The molecule has 0 saturated heterocycles. The van der Waals surface area contributed by atoms with Crippen LogP contribution in [0.2, 0.25) is 0 Å². The van der Waals surface area contributed by atoms with Crippen LogP contribution in [-0.2, 0) is 11.2 Å². The summed E-state index contributed by atoms with van der Waals surface area (Å²) in [5, 5.41) is 0. The zero-order chi connectivity index (χ0) is 14.5. The van der Waals surface area contributed by atoms with Crippen LogP contribution in [0.3, 0.4) is 0 Å². The van der Waals surface area contributed by atoms with Crippen molar-refractivity contribution in [1.29, 1.82) is 0 Å². The van der Waals surface area contributed by atoms with Crippen molar-refractivity contribution in [3.05, 3.63) is 35.4 Å². The number of hydrogen-bond acceptors (Lipinski definition) is 2. The topological polar surface area (TPSA) is 58.2 Å². The van der Waals surface area contributed by atoms with E-state index >= 15 is 0 Å². The van der Waals surface area contributed by atoms with Gasteiger partial charge in [0, 0.05) is 12.0 Å². The van der Waals surface area contributed by atoms with Crippen LogP contribution in [0.4, 0.5) is 0 Å². The van der Waals surface area contributed by atoms with Crippen molar-refractivity contribution >= 4 is 11.8 Å². The standard InChI is InChI=1S/C15H22N2O2/c1-5-11-6-8-12(9-7-11)14(19)17-16-13(18)10-15(2,3)4/h6-9H,5,10H2,1-4H3,(H,16,18)(H,17,19). The zero-order valence-corrected chi connectivity index (χ0v) is 12.0. The molecule has 1 rings (SSSR count). The van der Waals surface area contributed by atoms with E-state index in [1.165, 1.54) is 5.56 Å². The predicted molar refractivity (Wildman–Crippen MR) is 75.5 cm³/mol. The van der Waals surface area contributed by atoms with Crippen LogP contribution in [0.5, 0.6) is 0 Å². The van der Waals surface area contributed by atoms with Crippen molar-refractivity contribution in [2.24, 2.45) is 5.41 Å². The number of amides is 2. The van der Waals surface area contributed by atoms with E-state index in [0.29, 0.717) is 12.0 Å². The molecule has 0 aliphatic heterocycles. The first kappa shape index (κ1) is 15.2. The Bertz CT molecular complexity index is 444. The number of benzene rings is 1. The molecule has 104 valence electrons. The molecule has 0 atom stereocenters. The Kier molecular flexibility index (Phi) is 5.10. The normalized spacial score (nSPS) is 10.9. The second-order valence-electron chi connectivity index (χ2n) is 5.79. The molecule has 0 aliphatic rings. The van der Waals surface area contributed by atoms with Crippen molar-refractivity contribution in [3.8, 4) is 0 Å². The first-order valence-corrected chi connectivity index (χ1v) is 6.50. The molecule has 1 aromatic carbocycles. The van der Waals surface area contributed by atoms with Crippen LogP contribution < -0.4 is 10.9 Å². The van der Waals surface area contributed by atoms with Crippen molar-refractivity contribution in [2.75, 3.05) is 0 Å². The molecule has 0 aliphatic carbocycles. The Labute approximate surface area is 114 Å². The van der Waals surface area contributed by atoms with Crippen LogP contribution in [-0.4, -0.2) is 11.8 Å². The lowest BCUT2D eigenvalue weighted by atomic mass is 9.92. The first-order chi connectivity index (χ1) is 8.81. The van der Waals surface area contributed by atoms with E-state index in [1.807, 2.05) is 32.9 Å². The first-order valence-electron chi connectivity index (χ1n) is 6.50. The molecule has 2 amide bonds. The van der Waals surface area contributed by atoms with E-state index in [1.54, 1.807) is 12.1 Å². The van der Waals surface area contributed by atoms with E-state index in [0.717, 1.165) is 6.42 Å². The molecule has 1 aromatic rings. The summed E-state index contributed by atoms with van der Waals surface area (Å²) in [6.45, 7) is 7.97. The number of hydrogen-bond donors (Lipinski definition) is 2. The molecule has 19 heavy (non-hydrogen) atoms. The fourth-order valence-electron chi connectivity index (χ4n) is 1.62. The van der Waals surface area contributed by atoms with Gasteiger partial charge in [0.1, 0.15) is 0 Å². The number of hydrazine groups is 1. The second kappa shape index (κ2) is 6.36. The summed E-state index contributed by atoms with van der Waals surface area (Å²) in [6, 6.07) is 7.33. The smallest absolute Gasteiger partial charge is 0.269 e. The van der Waals surface area contributed by atoms with Crippen molar-refractivity contribution in [3.63, 3.8) is 0 Å². The van der Waals surface area contributed by atoms with Crippen LogP contribution >= 0.6 is 0 Å². The SMILES string of the molecule is CCc1ccc(C(=O)NNC(=O)CC(C)(C)C)cc1. The highest BCUT2D eigenvalue weighted by atomic mass is 16.2. The Hall–Kier alpha value is -1.84. The van der Waals surface area contributed by atoms with Gasteiger partial charge in [0.25, 0.3) is 5.91 Å². The lowest BCUT2D eigenvalue weighted by molar-refractivity contribution is -0.123. The molecule has 4 heteroatoms. The number of rotatable bonds is 3. The van der Waals surface area contributed by atoms with Gasteiger partial charge in [-0.15, -0.1) is 0 Å². The van der Waals surface area contributed by atoms with Gasteiger partial charge in [-0.3, -0.25) is 20.4 Å². The molecule has 0 fully saturated rings. The number of nitrogens with one attached hydrogen (secondary N) is 2. The van der Waals surface area contributed by atoms with E-state index in [2.05, 4.69) is 17.8 Å². The lowest BCUT2D eigenvalue weighted by Crippen LogP contribution is -2.42. The largest absolute Gasteiger partial charge is 0.273 e. The molecular weight excluding hydrogens is 240 g/mol. The third kappa shape index (κ3) is 5.55. The van der Waals surface area contributed by atoms with E-state index in [-0.39, 0.29) is 17.2 Å². The highest BCUT2D eigenvalue weighted by Gasteiger charge is 2.16. The predicted octanol–water partition coefficient (Wildman–Crippen LogP) is 2.45. The summed E-state index contributed by atoms with van der Waals surface area (Å²) in [5.74, 6) is -0.490. The molecule has 0 unspecified atom stereocenters. The maximum absolute atomic E-state index is 11.8. The Balaban J connectivity index is 2.49. The summed E-state index contributed by atoms with van der Waals surface area (Å²) in [7, 11) is 0. The van der Waals surface area contributed by atoms with Gasteiger partial charge in [0.05, 0.1) is 0 Å². The average Bonchev–Trinajstić information content (AvgIpc) is 2.34. The van der Waals surface area contributed by atoms with Crippen LogP contribution in [0.15, 0.2) is 24.3 Å². The quantitative estimate of drug-likeness (QED) is 0.822. The Morgan fingerprint density at radius 3 is 2.11 bits per heavy atom. The summed E-state index contributed by atoms with van der Waals surface area (Å²) >= 11 is 0. The van der Waals surface area contributed by atoms with Gasteiger partial charge in [-0.05, 0) is 29.5 Å². The summed E-state index contributed by atoms with van der Waals surface area (Å²) in [4.78, 5) is 23.4. The van der Waals surface area contributed by atoms with Gasteiger partial charge in [-0.25, -0.2) is 0 Å². The van der Waals surface area contributed by atoms with Crippen LogP contribution in [0, 0.1) is 5.41 Å². The van der Waals surface area contributed by atoms with Crippen molar-refractivity contribution in [1.82, 2.24) is 10.9 Å². The van der Waals surface area contributed by atoms with E-state index < -0.39 is 0 Å². The van der Waals surface area contributed by atoms with Crippen molar-refractivity contribution in [2.45, 2.75) is 40.5 Å². The minimum absolute atomic E-state index is 0.0996. The molecular formula is C15H22N2O2. The average molecular weight is 262 g/mol. The molecule has 0 aromatic heterocycles. The maximum Gasteiger partial charge on any atom is 0.269 e. The Morgan fingerprint density at radius 1 is 1.05 bits per heavy atom. The van der Waals surface area contributed by atoms with Gasteiger partial charge in [0.2, 0.25) is 5.91 Å². The summed E-state index contributed by atoms with van der Waals surface area (Å²) in [5.41, 5.74) is 6.46. The highest BCUT2D eigenvalue weighted by Crippen LogP contribution is 2.17. The van der Waals surface area contributed by atoms with Gasteiger partial charge < -0.3 is 0 Å². The summed E-state index contributed by atoms with van der Waals surface area (Å²) in [6.07, 6.45) is 1.30. The molecule has 0 bridgehead atoms. The maximum atomic E-state index is 11.8. The van der Waals surface area contributed by atoms with Crippen molar-refractivity contribution < 1.29 is 9.59 Å². The van der Waals surface area contributed by atoms with Gasteiger partial charge >= 0.3 is 0 Å². The molecule has 4 nitrogen and oxygen atoms in total. The monoisotopic (exact) mass is 262 g/mol. The van der Waals surface area contributed by atoms with Crippen LogP contribution in [0.1, 0.15) is 50.0 Å². The zero-order valence-electron chi connectivity index (χ0n) is 12.0. The second-order valence-corrected chi connectivity index (χ2v) is 5.79. The van der Waals surface area contributed by atoms with E-state index in [9.17, 15) is 9.59 Å². The molecule has 0 radical (unpaired) electrons. The highest BCUT2D eigenvalue weighted by molar-refractivity contribution is 5.95. The Morgan fingerprint density at radius 2 is 1.63 bits per heavy atom. The fourth-order valence-corrected chi connectivity index (χ4v) is 1.62. The number of carbonyl (C=O) groups excluding carboxylic acids is 2. The fraction of sp³-hybridized carbons (Fsp3) is 0.467. The third-order valence-electron chi connectivity index (χ3n) is 2.63. The van der Waals surface area contributed by atoms with Crippen LogP contribution in [0.25, 0.3) is 0 Å². The molecule has 0 heterocycles. The minimum Gasteiger partial charge on any atom is -0.273 e. The third-order valence-corrected chi connectivity index (χ3v) is 2.63. The number of carbonyl (C=O) groups is 2. The number of aryl methyl sites for hydroxylation is 1. The van der Waals surface area contributed by atoms with Gasteiger partial charge in [-0.1, -0.05) is 39.8 Å².